The van der Waals surface area contributed by atoms with Gasteiger partial charge in [0, 0.05) is 18.5 Å². The topological polar surface area (TPSA) is 39.9 Å². The Morgan fingerprint density at radius 2 is 2.11 bits per heavy atom. The molecule has 18 heavy (non-hydrogen) atoms. The van der Waals surface area contributed by atoms with Gasteiger partial charge in [-0.1, -0.05) is 18.2 Å². The van der Waals surface area contributed by atoms with Crippen LogP contribution in [0.4, 0.5) is 5.82 Å². The van der Waals surface area contributed by atoms with Gasteiger partial charge in [0.15, 0.2) is 0 Å². The second kappa shape index (κ2) is 5.05. The summed E-state index contributed by atoms with van der Waals surface area (Å²) in [5, 5.41) is 9.93. The predicted molar refractivity (Wildman–Crippen MR) is 74.6 cm³/mol. The van der Waals surface area contributed by atoms with Crippen LogP contribution in [0.2, 0.25) is 0 Å². The van der Waals surface area contributed by atoms with E-state index in [9.17, 15) is 0 Å². The van der Waals surface area contributed by atoms with Crippen molar-refractivity contribution in [2.45, 2.75) is 26.3 Å². The van der Waals surface area contributed by atoms with Crippen molar-refractivity contribution in [1.29, 1.82) is 5.26 Å². The summed E-state index contributed by atoms with van der Waals surface area (Å²) >= 11 is 0. The fraction of sp³-hybridized carbons (Fsp3) is 0.333. The zero-order valence-corrected chi connectivity index (χ0v) is 11.0. The highest BCUT2D eigenvalue weighted by Crippen LogP contribution is 2.23. The predicted octanol–water partition coefficient (Wildman–Crippen LogP) is 3.28. The van der Waals surface area contributed by atoms with Crippen LogP contribution in [0.25, 0.3) is 10.9 Å². The summed E-state index contributed by atoms with van der Waals surface area (Å²) in [7, 11) is 1.99. The zero-order chi connectivity index (χ0) is 13.1. The Labute approximate surface area is 108 Å². The van der Waals surface area contributed by atoms with Crippen LogP contribution in [0.5, 0.6) is 0 Å². The molecule has 0 bridgehead atoms. The number of rotatable bonds is 3. The molecule has 1 aromatic heterocycles. The first-order valence-electron chi connectivity index (χ1n) is 6.09. The quantitative estimate of drug-likeness (QED) is 0.825. The molecule has 1 unspecified atom stereocenters. The van der Waals surface area contributed by atoms with Gasteiger partial charge in [0.25, 0.3) is 0 Å². The second-order valence-electron chi connectivity index (χ2n) is 4.64. The van der Waals surface area contributed by atoms with Gasteiger partial charge in [0.2, 0.25) is 0 Å². The molecule has 2 rings (SSSR count). The van der Waals surface area contributed by atoms with Crippen LogP contribution in [0, 0.1) is 18.3 Å². The Bertz CT molecular complexity index is 598. The largest absolute Gasteiger partial charge is 0.356 e. The Morgan fingerprint density at radius 1 is 1.39 bits per heavy atom. The molecule has 0 aliphatic heterocycles. The maximum atomic E-state index is 8.78. The Balaban J connectivity index is 2.44. The molecule has 1 heterocycles. The molecule has 0 fully saturated rings. The summed E-state index contributed by atoms with van der Waals surface area (Å²) in [5.74, 6) is 0.955. The van der Waals surface area contributed by atoms with Gasteiger partial charge in [-0.3, -0.25) is 0 Å². The lowest BCUT2D eigenvalue weighted by molar-refractivity contribution is 0.693. The molecule has 1 atom stereocenters. The summed E-state index contributed by atoms with van der Waals surface area (Å²) in [6, 6.07) is 12.6. The maximum absolute atomic E-state index is 8.78. The van der Waals surface area contributed by atoms with Crippen LogP contribution in [0.15, 0.2) is 30.3 Å². The van der Waals surface area contributed by atoms with Crippen molar-refractivity contribution in [1.82, 2.24) is 4.98 Å². The van der Waals surface area contributed by atoms with Gasteiger partial charge in [0.05, 0.1) is 18.0 Å². The number of para-hydroxylation sites is 1. The Hall–Kier alpha value is -2.08. The Kier molecular flexibility index (Phi) is 3.47. The number of pyridine rings is 1. The van der Waals surface area contributed by atoms with E-state index >= 15 is 0 Å². The molecule has 92 valence electrons. The van der Waals surface area contributed by atoms with Crippen LogP contribution in [-0.4, -0.2) is 18.1 Å². The van der Waals surface area contributed by atoms with Gasteiger partial charge in [-0.05, 0) is 31.5 Å². The number of aryl methyl sites for hydroxylation is 1. The molecule has 0 saturated carbocycles. The number of hydrogen-bond donors (Lipinski definition) is 0. The van der Waals surface area contributed by atoms with Gasteiger partial charge in [0.1, 0.15) is 5.82 Å². The molecule has 0 radical (unpaired) electrons. The van der Waals surface area contributed by atoms with E-state index in [1.54, 1.807) is 0 Å². The van der Waals surface area contributed by atoms with Crippen LogP contribution < -0.4 is 4.90 Å². The van der Waals surface area contributed by atoms with Crippen molar-refractivity contribution < 1.29 is 0 Å². The SMILES string of the molecule is Cc1cc2ccccc2nc1N(C)C(C)CC#N. The molecule has 0 aliphatic rings. The van der Waals surface area contributed by atoms with Crippen LogP contribution in [-0.2, 0) is 0 Å². The van der Waals surface area contributed by atoms with Crippen molar-refractivity contribution in [3.05, 3.63) is 35.9 Å². The second-order valence-corrected chi connectivity index (χ2v) is 4.64. The normalized spacial score (nSPS) is 12.1. The maximum Gasteiger partial charge on any atom is 0.132 e. The van der Waals surface area contributed by atoms with Gasteiger partial charge in [-0.15, -0.1) is 0 Å². The minimum Gasteiger partial charge on any atom is -0.356 e. The minimum atomic E-state index is 0.169. The highest BCUT2D eigenvalue weighted by atomic mass is 15.2. The molecule has 1 aromatic carbocycles. The van der Waals surface area contributed by atoms with Crippen molar-refractivity contribution in [3.63, 3.8) is 0 Å². The number of benzene rings is 1. The lowest BCUT2D eigenvalue weighted by atomic mass is 10.1. The van der Waals surface area contributed by atoms with Gasteiger partial charge in [-0.25, -0.2) is 4.98 Å². The fourth-order valence-corrected chi connectivity index (χ4v) is 2.05. The van der Waals surface area contributed by atoms with E-state index in [0.717, 1.165) is 22.3 Å². The first kappa shape index (κ1) is 12.4. The van der Waals surface area contributed by atoms with Crippen LogP contribution in [0.3, 0.4) is 0 Å². The average Bonchev–Trinajstić information content (AvgIpc) is 2.37. The first-order valence-corrected chi connectivity index (χ1v) is 6.09. The molecule has 0 spiro atoms. The summed E-state index contributed by atoms with van der Waals surface area (Å²) in [4.78, 5) is 6.77. The number of nitriles is 1. The zero-order valence-electron chi connectivity index (χ0n) is 11.0. The lowest BCUT2D eigenvalue weighted by Crippen LogP contribution is -2.29. The van der Waals surface area contributed by atoms with E-state index < -0.39 is 0 Å². The van der Waals surface area contributed by atoms with E-state index in [1.165, 1.54) is 0 Å². The highest BCUT2D eigenvalue weighted by molar-refractivity contribution is 5.81. The third kappa shape index (κ3) is 2.28. The Morgan fingerprint density at radius 3 is 2.83 bits per heavy atom. The lowest BCUT2D eigenvalue weighted by Gasteiger charge is -2.25. The van der Waals surface area contributed by atoms with Crippen molar-refractivity contribution >= 4 is 16.7 Å². The van der Waals surface area contributed by atoms with E-state index in [2.05, 4.69) is 30.0 Å². The summed E-state index contributed by atoms with van der Waals surface area (Å²) in [5.41, 5.74) is 2.13. The van der Waals surface area contributed by atoms with E-state index in [1.807, 2.05) is 32.2 Å². The van der Waals surface area contributed by atoms with E-state index in [4.69, 9.17) is 10.2 Å². The highest BCUT2D eigenvalue weighted by Gasteiger charge is 2.13. The average molecular weight is 239 g/mol. The third-order valence-electron chi connectivity index (χ3n) is 3.27. The molecule has 2 aromatic rings. The van der Waals surface area contributed by atoms with E-state index in [-0.39, 0.29) is 6.04 Å². The molecule has 3 heteroatoms. The minimum absolute atomic E-state index is 0.169. The van der Waals surface area contributed by atoms with Crippen molar-refractivity contribution in [3.8, 4) is 6.07 Å². The van der Waals surface area contributed by atoms with Gasteiger partial charge < -0.3 is 4.90 Å². The standard InChI is InChI=1S/C15H17N3/c1-11-10-13-6-4-5-7-14(13)17-15(11)18(3)12(2)8-9-16/h4-7,10,12H,8H2,1-3H3. The van der Waals surface area contributed by atoms with E-state index in [0.29, 0.717) is 6.42 Å². The third-order valence-corrected chi connectivity index (χ3v) is 3.27. The summed E-state index contributed by atoms with van der Waals surface area (Å²) in [6.45, 7) is 4.10. The van der Waals surface area contributed by atoms with Gasteiger partial charge in [-0.2, -0.15) is 5.26 Å². The molecular weight excluding hydrogens is 222 g/mol. The fourth-order valence-electron chi connectivity index (χ4n) is 2.05. The molecule has 3 nitrogen and oxygen atoms in total. The number of hydrogen-bond acceptors (Lipinski definition) is 3. The van der Waals surface area contributed by atoms with Crippen LogP contribution >= 0.6 is 0 Å². The van der Waals surface area contributed by atoms with Crippen molar-refractivity contribution in [2.75, 3.05) is 11.9 Å². The number of aromatic nitrogens is 1. The molecule has 0 N–H and O–H groups in total. The number of fused-ring (bicyclic) bond motifs is 1. The monoisotopic (exact) mass is 239 g/mol. The van der Waals surface area contributed by atoms with Crippen molar-refractivity contribution in [2.24, 2.45) is 0 Å². The smallest absolute Gasteiger partial charge is 0.132 e. The first-order chi connectivity index (χ1) is 8.63. The number of anilines is 1. The summed E-state index contributed by atoms with van der Waals surface area (Å²) < 4.78 is 0. The van der Waals surface area contributed by atoms with Crippen LogP contribution in [0.1, 0.15) is 18.9 Å². The molecule has 0 aliphatic carbocycles. The molecule has 0 amide bonds. The number of nitrogens with zero attached hydrogens (tertiary/aromatic N) is 3. The summed E-state index contributed by atoms with van der Waals surface area (Å²) in [6.07, 6.45) is 0.504. The molecule has 0 saturated heterocycles. The van der Waals surface area contributed by atoms with Gasteiger partial charge >= 0.3 is 0 Å². The molecular formula is C15H17N3.